The van der Waals surface area contributed by atoms with Gasteiger partial charge in [-0.3, -0.25) is 9.59 Å². The average Bonchev–Trinajstić information content (AvgIpc) is 2.52. The zero-order valence-electron chi connectivity index (χ0n) is 14.8. The van der Waals surface area contributed by atoms with Crippen molar-refractivity contribution in [1.82, 2.24) is 16.0 Å². The molecule has 0 atom stereocenters. The predicted molar refractivity (Wildman–Crippen MR) is 94.9 cm³/mol. The van der Waals surface area contributed by atoms with E-state index in [0.29, 0.717) is 17.6 Å². The van der Waals surface area contributed by atoms with Crippen molar-refractivity contribution in [2.24, 2.45) is 0 Å². The lowest BCUT2D eigenvalue weighted by Gasteiger charge is -2.29. The Hall–Kier alpha value is -1.92. The van der Waals surface area contributed by atoms with Gasteiger partial charge < -0.3 is 20.7 Å². The molecule has 1 heterocycles. The van der Waals surface area contributed by atoms with E-state index in [1.54, 1.807) is 32.9 Å². The first-order valence-electron chi connectivity index (χ1n) is 8.31. The van der Waals surface area contributed by atoms with Gasteiger partial charge in [0, 0.05) is 26.0 Å². The van der Waals surface area contributed by atoms with Crippen molar-refractivity contribution in [2.45, 2.75) is 45.4 Å². The second kappa shape index (κ2) is 7.77. The summed E-state index contributed by atoms with van der Waals surface area (Å²) in [4.78, 5) is 23.7. The first-order chi connectivity index (χ1) is 11.2. The van der Waals surface area contributed by atoms with Crippen LogP contribution in [-0.2, 0) is 9.53 Å². The molecule has 1 aliphatic heterocycles. The van der Waals surface area contributed by atoms with Crippen molar-refractivity contribution in [3.8, 4) is 0 Å². The molecule has 1 fully saturated rings. The Morgan fingerprint density at radius 1 is 1.21 bits per heavy atom. The van der Waals surface area contributed by atoms with Crippen LogP contribution in [0.4, 0.5) is 0 Å². The molecule has 1 aromatic rings. The fraction of sp³-hybridized carbons (Fsp3) is 0.556. The Morgan fingerprint density at radius 2 is 1.79 bits per heavy atom. The molecule has 3 N–H and O–H groups in total. The second-order valence-electron chi connectivity index (χ2n) is 7.13. The lowest BCUT2D eigenvalue weighted by molar-refractivity contribution is -0.153. The number of ether oxygens (including phenoxy) is 1. The normalized spacial score (nSPS) is 21.2. The molecule has 0 aliphatic carbocycles. The molecule has 1 amide bonds. The third-order valence-corrected chi connectivity index (χ3v) is 3.80. The lowest BCUT2D eigenvalue weighted by Crippen LogP contribution is -2.49. The zero-order chi connectivity index (χ0) is 17.7. The largest absolute Gasteiger partial charge is 0.459 e. The third kappa shape index (κ3) is 5.62. The number of carbonyl (C=O) groups is 2. The van der Waals surface area contributed by atoms with Crippen LogP contribution in [0.1, 0.15) is 51.0 Å². The molecular weight excluding hydrogens is 306 g/mol. The molecule has 0 radical (unpaired) electrons. The van der Waals surface area contributed by atoms with E-state index in [-0.39, 0.29) is 13.9 Å². The molecule has 1 aromatic carbocycles. The summed E-state index contributed by atoms with van der Waals surface area (Å²) in [5.41, 5.74) is 1.17. The van der Waals surface area contributed by atoms with Gasteiger partial charge in [-0.25, -0.2) is 0 Å². The van der Waals surface area contributed by atoms with E-state index in [4.69, 9.17) is 4.74 Å². The minimum atomic E-state index is -0.553. The molecule has 0 bridgehead atoms. The summed E-state index contributed by atoms with van der Waals surface area (Å²) < 4.78 is 5.16. The summed E-state index contributed by atoms with van der Waals surface area (Å²) in [6.07, 6.45) is 0.333. The Morgan fingerprint density at radius 3 is 2.33 bits per heavy atom. The van der Waals surface area contributed by atoms with E-state index in [1.165, 1.54) is 5.56 Å². The molecule has 0 saturated carbocycles. The van der Waals surface area contributed by atoms with Gasteiger partial charge in [-0.15, -0.1) is 0 Å². The van der Waals surface area contributed by atoms with E-state index >= 15 is 0 Å². The highest BCUT2D eigenvalue weighted by Gasteiger charge is 2.19. The van der Waals surface area contributed by atoms with E-state index in [1.807, 2.05) is 12.1 Å². The summed E-state index contributed by atoms with van der Waals surface area (Å²) >= 11 is 0. The highest BCUT2D eigenvalue weighted by molar-refractivity contribution is 5.95. The fourth-order valence-electron chi connectivity index (χ4n) is 2.56. The summed E-state index contributed by atoms with van der Waals surface area (Å²) in [5.74, 6) is -0.332. The van der Waals surface area contributed by atoms with Crippen molar-refractivity contribution in [2.75, 3.05) is 19.6 Å². The maximum absolute atomic E-state index is 12.1. The SMILES string of the molecule is CC1NCC(c2ccc(C(=O)NCC(=O)OC(C)(C)C)cc2)CN1.[HH]. The first kappa shape index (κ1) is 18.4. The van der Waals surface area contributed by atoms with Gasteiger partial charge in [-0.05, 0) is 45.4 Å². The van der Waals surface area contributed by atoms with Gasteiger partial charge in [0.05, 0.1) is 6.17 Å². The minimum absolute atomic E-state index is 0. The molecule has 2 rings (SSSR count). The van der Waals surface area contributed by atoms with Crippen molar-refractivity contribution < 1.29 is 15.8 Å². The molecule has 6 heteroatoms. The van der Waals surface area contributed by atoms with Crippen LogP contribution < -0.4 is 16.0 Å². The van der Waals surface area contributed by atoms with Gasteiger partial charge in [0.15, 0.2) is 0 Å². The smallest absolute Gasteiger partial charge is 0.325 e. The van der Waals surface area contributed by atoms with Crippen molar-refractivity contribution in [3.63, 3.8) is 0 Å². The third-order valence-electron chi connectivity index (χ3n) is 3.80. The lowest BCUT2D eigenvalue weighted by atomic mass is 9.96. The summed E-state index contributed by atoms with van der Waals surface area (Å²) in [5, 5.41) is 9.34. The minimum Gasteiger partial charge on any atom is -0.459 e. The van der Waals surface area contributed by atoms with Gasteiger partial charge >= 0.3 is 5.97 Å². The van der Waals surface area contributed by atoms with Crippen molar-refractivity contribution in [1.29, 1.82) is 0 Å². The Bertz CT molecular complexity index is 576. The standard InChI is InChI=1S/C18H27N3O3.H2/c1-12-19-9-15(10-20-12)13-5-7-14(8-6-13)17(23)21-11-16(22)24-18(2,3)4;/h5-8,12,15,19-20H,9-11H2,1-4H3,(H,21,23);1H. The van der Waals surface area contributed by atoms with E-state index in [2.05, 4.69) is 22.9 Å². The predicted octanol–water partition coefficient (Wildman–Crippen LogP) is 1.63. The number of amides is 1. The van der Waals surface area contributed by atoms with Gasteiger partial charge in [-0.2, -0.15) is 0 Å². The Labute approximate surface area is 144 Å². The molecule has 134 valence electrons. The van der Waals surface area contributed by atoms with Gasteiger partial charge in [-0.1, -0.05) is 12.1 Å². The number of nitrogens with one attached hydrogen (secondary N) is 3. The molecule has 1 aliphatic rings. The van der Waals surface area contributed by atoms with E-state index in [9.17, 15) is 9.59 Å². The van der Waals surface area contributed by atoms with Crippen LogP contribution in [0.3, 0.4) is 0 Å². The Balaban J connectivity index is 0.00000312. The van der Waals surface area contributed by atoms with Crippen molar-refractivity contribution >= 4 is 11.9 Å². The zero-order valence-corrected chi connectivity index (χ0v) is 14.8. The second-order valence-corrected chi connectivity index (χ2v) is 7.13. The molecular formula is C18H29N3O3. The molecule has 0 spiro atoms. The van der Waals surface area contributed by atoms with Crippen LogP contribution >= 0.6 is 0 Å². The van der Waals surface area contributed by atoms with Gasteiger partial charge in [0.25, 0.3) is 5.91 Å². The summed E-state index contributed by atoms with van der Waals surface area (Å²) in [6, 6.07) is 7.51. The maximum Gasteiger partial charge on any atom is 0.325 e. The highest BCUT2D eigenvalue weighted by atomic mass is 16.6. The number of hydrogen-bond acceptors (Lipinski definition) is 5. The van der Waals surface area contributed by atoms with Crippen LogP contribution in [-0.4, -0.2) is 43.3 Å². The maximum atomic E-state index is 12.1. The highest BCUT2D eigenvalue weighted by Crippen LogP contribution is 2.17. The molecule has 0 unspecified atom stereocenters. The van der Waals surface area contributed by atoms with E-state index in [0.717, 1.165) is 13.1 Å². The monoisotopic (exact) mass is 335 g/mol. The van der Waals surface area contributed by atoms with Crippen LogP contribution in [0.15, 0.2) is 24.3 Å². The van der Waals surface area contributed by atoms with E-state index < -0.39 is 11.6 Å². The number of benzene rings is 1. The van der Waals surface area contributed by atoms with Gasteiger partial charge in [0.2, 0.25) is 0 Å². The van der Waals surface area contributed by atoms with Crippen LogP contribution in [0.25, 0.3) is 0 Å². The van der Waals surface area contributed by atoms with Crippen LogP contribution in [0, 0.1) is 0 Å². The molecule has 1 saturated heterocycles. The number of esters is 1. The van der Waals surface area contributed by atoms with Crippen molar-refractivity contribution in [3.05, 3.63) is 35.4 Å². The summed E-state index contributed by atoms with van der Waals surface area (Å²) in [7, 11) is 0. The first-order valence-corrected chi connectivity index (χ1v) is 8.31. The number of hydrogen-bond donors (Lipinski definition) is 3. The quantitative estimate of drug-likeness (QED) is 0.729. The molecule has 0 aromatic heterocycles. The number of carbonyl (C=O) groups excluding carboxylic acids is 2. The average molecular weight is 335 g/mol. The number of rotatable bonds is 4. The topological polar surface area (TPSA) is 79.5 Å². The Kier molecular flexibility index (Phi) is 5.96. The van der Waals surface area contributed by atoms with Crippen LogP contribution in [0.2, 0.25) is 0 Å². The molecule has 6 nitrogen and oxygen atoms in total. The van der Waals surface area contributed by atoms with Crippen LogP contribution in [0.5, 0.6) is 0 Å². The fourth-order valence-corrected chi connectivity index (χ4v) is 2.56. The van der Waals surface area contributed by atoms with Gasteiger partial charge in [0.1, 0.15) is 12.1 Å². The molecule has 24 heavy (non-hydrogen) atoms. The summed E-state index contributed by atoms with van der Waals surface area (Å²) in [6.45, 7) is 9.17.